The molecule has 2 aromatic heterocycles. The van der Waals surface area contributed by atoms with Gasteiger partial charge in [0.05, 0.1) is 46.0 Å². The highest BCUT2D eigenvalue weighted by atomic mass is 15.0. The molecule has 0 amide bonds. The fraction of sp³-hybridized carbons (Fsp3) is 0. The number of aromatic nitrogens is 2. The van der Waals surface area contributed by atoms with Gasteiger partial charge in [-0.05, 0) is 70.1 Å². The normalized spacial score (nSPS) is 11.6. The number of hydrogen-bond acceptors (Lipinski definition) is 1. The van der Waals surface area contributed by atoms with E-state index in [1.807, 2.05) is 18.2 Å². The maximum atomic E-state index is 10.5. The second-order valence-electron chi connectivity index (χ2n) is 11.2. The molecule has 0 aliphatic heterocycles. The Hall–Kier alpha value is -6.36. The third kappa shape index (κ3) is 3.31. The van der Waals surface area contributed by atoms with E-state index < -0.39 is 0 Å². The van der Waals surface area contributed by atoms with Gasteiger partial charge in [-0.1, -0.05) is 84.9 Å². The number of benzene rings is 7. The van der Waals surface area contributed by atoms with Crippen molar-refractivity contribution in [1.29, 1.82) is 5.26 Å². The highest BCUT2D eigenvalue weighted by Gasteiger charge is 2.21. The van der Waals surface area contributed by atoms with Crippen LogP contribution in [0.4, 0.5) is 5.69 Å². The summed E-state index contributed by atoms with van der Waals surface area (Å²) in [7, 11) is 0. The zero-order valence-electron chi connectivity index (χ0n) is 23.5. The van der Waals surface area contributed by atoms with E-state index in [9.17, 15) is 5.26 Å². The van der Waals surface area contributed by atoms with Crippen LogP contribution in [0.5, 0.6) is 0 Å². The molecule has 0 bridgehead atoms. The van der Waals surface area contributed by atoms with Gasteiger partial charge in [-0.25, -0.2) is 4.85 Å². The van der Waals surface area contributed by atoms with Crippen molar-refractivity contribution >= 4 is 70.8 Å². The van der Waals surface area contributed by atoms with Crippen LogP contribution in [0.3, 0.4) is 0 Å². The molecule has 7 aromatic carbocycles. The second-order valence-corrected chi connectivity index (χ2v) is 11.2. The summed E-state index contributed by atoms with van der Waals surface area (Å²) < 4.78 is 4.40. The van der Waals surface area contributed by atoms with Gasteiger partial charge in [0, 0.05) is 27.2 Å². The molecule has 0 spiro atoms. The summed E-state index contributed by atoms with van der Waals surface area (Å²) in [6.07, 6.45) is 0. The molecule has 0 fully saturated rings. The number of para-hydroxylation sites is 2. The first-order chi connectivity index (χ1) is 21.7. The van der Waals surface area contributed by atoms with Crippen LogP contribution in [0.1, 0.15) is 5.56 Å². The minimum Gasteiger partial charge on any atom is -0.310 e. The molecule has 0 saturated carbocycles. The van der Waals surface area contributed by atoms with Gasteiger partial charge in [-0.15, -0.1) is 0 Å². The minimum absolute atomic E-state index is 0.332. The SMILES string of the molecule is [C-]#[N+]c1cc(-n2c3ccccc3c3cc4ccccc4cc32)cc(-n2c3ccccc3c3cc4ccccc4cc32)c1C#N. The summed E-state index contributed by atoms with van der Waals surface area (Å²) in [6.45, 7) is 8.16. The molecule has 4 heteroatoms. The minimum atomic E-state index is 0.332. The van der Waals surface area contributed by atoms with E-state index in [1.165, 1.54) is 5.39 Å². The Balaban J connectivity index is 1.44. The summed E-state index contributed by atoms with van der Waals surface area (Å²) in [6, 6.07) is 48.7. The Morgan fingerprint density at radius 3 is 1.52 bits per heavy atom. The molecular weight excluding hydrogens is 536 g/mol. The van der Waals surface area contributed by atoms with Crippen LogP contribution in [0.25, 0.3) is 81.4 Å². The second kappa shape index (κ2) is 9.07. The molecule has 4 nitrogen and oxygen atoms in total. The van der Waals surface area contributed by atoms with Gasteiger partial charge in [0.1, 0.15) is 0 Å². The third-order valence-corrected chi connectivity index (χ3v) is 8.89. The van der Waals surface area contributed by atoms with Crippen molar-refractivity contribution in [3.8, 4) is 17.4 Å². The van der Waals surface area contributed by atoms with Crippen LogP contribution in [0.2, 0.25) is 0 Å². The molecule has 2 heterocycles. The van der Waals surface area contributed by atoms with Crippen molar-refractivity contribution in [2.24, 2.45) is 0 Å². The predicted octanol–water partition coefficient (Wildman–Crippen LogP) is 10.6. The molecule has 0 aliphatic carbocycles. The first-order valence-corrected chi connectivity index (χ1v) is 14.5. The van der Waals surface area contributed by atoms with E-state index >= 15 is 0 Å². The van der Waals surface area contributed by atoms with Gasteiger partial charge in [-0.2, -0.15) is 5.26 Å². The predicted molar refractivity (Wildman–Crippen MR) is 181 cm³/mol. The maximum Gasteiger partial charge on any atom is 0.208 e. The van der Waals surface area contributed by atoms with E-state index in [1.54, 1.807) is 0 Å². The molecule has 0 unspecified atom stereocenters. The van der Waals surface area contributed by atoms with E-state index in [-0.39, 0.29) is 0 Å². The molecule has 0 aliphatic rings. The van der Waals surface area contributed by atoms with Crippen molar-refractivity contribution < 1.29 is 0 Å². The van der Waals surface area contributed by atoms with Crippen molar-refractivity contribution in [3.63, 3.8) is 0 Å². The zero-order chi connectivity index (χ0) is 29.4. The van der Waals surface area contributed by atoms with E-state index in [0.717, 1.165) is 65.5 Å². The summed E-state index contributed by atoms with van der Waals surface area (Å²) in [5.74, 6) is 0. The van der Waals surface area contributed by atoms with Gasteiger partial charge in [0.25, 0.3) is 0 Å². The van der Waals surface area contributed by atoms with Crippen molar-refractivity contribution in [3.05, 3.63) is 150 Å². The maximum absolute atomic E-state index is 10.5. The zero-order valence-corrected chi connectivity index (χ0v) is 23.5. The topological polar surface area (TPSA) is 38.0 Å². The van der Waals surface area contributed by atoms with Gasteiger partial charge < -0.3 is 9.13 Å². The van der Waals surface area contributed by atoms with Crippen LogP contribution in [0.15, 0.2) is 133 Å². The molecule has 0 saturated heterocycles. The fourth-order valence-electron chi connectivity index (χ4n) is 6.95. The molecule has 9 aromatic rings. The Bertz CT molecular complexity index is 2740. The monoisotopic (exact) mass is 558 g/mol. The Morgan fingerprint density at radius 2 is 0.977 bits per heavy atom. The van der Waals surface area contributed by atoms with Crippen LogP contribution >= 0.6 is 0 Å². The lowest BCUT2D eigenvalue weighted by molar-refractivity contribution is 1.13. The lowest BCUT2D eigenvalue weighted by atomic mass is 10.1. The summed E-state index contributed by atoms with van der Waals surface area (Å²) in [4.78, 5) is 3.90. The van der Waals surface area contributed by atoms with Gasteiger partial charge >= 0.3 is 0 Å². The molecule has 0 radical (unpaired) electrons. The lowest BCUT2D eigenvalue weighted by Crippen LogP contribution is -2.02. The first-order valence-electron chi connectivity index (χ1n) is 14.5. The summed E-state index contributed by atoms with van der Waals surface area (Å²) >= 11 is 0. The Labute approximate surface area is 252 Å². The average Bonchev–Trinajstić information content (AvgIpc) is 3.57. The van der Waals surface area contributed by atoms with Crippen molar-refractivity contribution in [2.75, 3.05) is 0 Å². The van der Waals surface area contributed by atoms with Gasteiger partial charge in [0.2, 0.25) is 5.69 Å². The highest BCUT2D eigenvalue weighted by molar-refractivity contribution is 6.15. The third-order valence-electron chi connectivity index (χ3n) is 8.89. The van der Waals surface area contributed by atoms with E-state index in [4.69, 9.17) is 6.57 Å². The number of hydrogen-bond donors (Lipinski definition) is 0. The Morgan fingerprint density at radius 1 is 0.500 bits per heavy atom. The first kappa shape index (κ1) is 24.3. The molecule has 9 rings (SSSR count). The lowest BCUT2D eigenvalue weighted by Gasteiger charge is -2.16. The van der Waals surface area contributed by atoms with Crippen molar-refractivity contribution in [2.45, 2.75) is 0 Å². The number of nitriles is 1. The number of rotatable bonds is 2. The smallest absolute Gasteiger partial charge is 0.208 e. The van der Waals surface area contributed by atoms with Gasteiger partial charge in [-0.3, -0.25) is 0 Å². The van der Waals surface area contributed by atoms with Crippen LogP contribution in [-0.4, -0.2) is 9.13 Å². The molecule has 202 valence electrons. The van der Waals surface area contributed by atoms with E-state index in [2.05, 4.69) is 135 Å². The van der Waals surface area contributed by atoms with Gasteiger partial charge in [0.15, 0.2) is 0 Å². The molecule has 0 N–H and O–H groups in total. The van der Waals surface area contributed by atoms with E-state index in [0.29, 0.717) is 16.9 Å². The largest absolute Gasteiger partial charge is 0.310 e. The highest BCUT2D eigenvalue weighted by Crippen LogP contribution is 2.41. The molecule has 44 heavy (non-hydrogen) atoms. The van der Waals surface area contributed by atoms with Crippen LogP contribution in [0, 0.1) is 17.9 Å². The van der Waals surface area contributed by atoms with Crippen LogP contribution < -0.4 is 0 Å². The quantitative estimate of drug-likeness (QED) is 0.195. The number of fused-ring (bicyclic) bond motifs is 8. The summed E-state index contributed by atoms with van der Waals surface area (Å²) in [5.41, 5.74) is 6.35. The molecular formula is C40H22N4. The Kier molecular flexibility index (Phi) is 5.00. The number of nitrogens with zero attached hydrogens (tertiary/aromatic N) is 4. The fourth-order valence-corrected chi connectivity index (χ4v) is 6.95. The van der Waals surface area contributed by atoms with Crippen molar-refractivity contribution in [1.82, 2.24) is 9.13 Å². The average molecular weight is 559 g/mol. The summed E-state index contributed by atoms with van der Waals surface area (Å²) in [5, 5.41) is 19.7. The standard InChI is InChI=1S/C40H22N4/c1-42-35-22-29(43-36-16-8-6-14-30(36)32-18-25-10-2-4-12-27(25)20-38(32)43)23-40(34(35)24-41)44-37-17-9-7-15-31(37)33-19-26-11-3-5-13-28(26)21-39(33)44/h2-23H. The van der Waals surface area contributed by atoms with Crippen LogP contribution in [-0.2, 0) is 0 Å². The molecule has 0 atom stereocenters.